The number of aryl methyl sites for hydroxylation is 1. The number of aromatic nitrogens is 4. The molecule has 122 valence electrons. The van der Waals surface area contributed by atoms with E-state index in [1.54, 1.807) is 36.4 Å². The molecule has 1 N–H and O–H groups in total. The second-order valence-corrected chi connectivity index (χ2v) is 5.95. The van der Waals surface area contributed by atoms with Crippen molar-refractivity contribution in [2.24, 2.45) is 7.05 Å². The van der Waals surface area contributed by atoms with Crippen molar-refractivity contribution in [3.63, 3.8) is 0 Å². The van der Waals surface area contributed by atoms with Gasteiger partial charge in [-0.2, -0.15) is 0 Å². The van der Waals surface area contributed by atoms with E-state index in [1.165, 1.54) is 10.6 Å². The van der Waals surface area contributed by atoms with Crippen LogP contribution in [0.2, 0.25) is 0 Å². The number of hydrogen-bond donors (Lipinski definition) is 1. The molecule has 3 rings (SSSR count). The Bertz CT molecular complexity index is 1030. The minimum atomic E-state index is -0.233. The van der Waals surface area contributed by atoms with E-state index in [1.807, 2.05) is 18.2 Å². The summed E-state index contributed by atoms with van der Waals surface area (Å²) in [7, 11) is 1.69. The molecule has 0 radical (unpaired) electrons. The number of rotatable bonds is 4. The zero-order valence-electron chi connectivity index (χ0n) is 13.1. The lowest BCUT2D eigenvalue weighted by atomic mass is 10.1. The smallest absolute Gasteiger partial charge is 0.255 e. The lowest BCUT2D eigenvalue weighted by Gasteiger charge is -2.09. The van der Waals surface area contributed by atoms with Crippen molar-refractivity contribution in [1.29, 1.82) is 0 Å². The molecule has 0 fully saturated rings. The fourth-order valence-corrected chi connectivity index (χ4v) is 2.62. The van der Waals surface area contributed by atoms with E-state index in [9.17, 15) is 9.59 Å². The van der Waals surface area contributed by atoms with Gasteiger partial charge < -0.3 is 9.13 Å². The number of H-pyrrole nitrogens is 1. The van der Waals surface area contributed by atoms with Crippen molar-refractivity contribution in [2.45, 2.75) is 13.0 Å². The van der Waals surface area contributed by atoms with Crippen LogP contribution in [0, 0.1) is 4.77 Å². The van der Waals surface area contributed by atoms with Crippen LogP contribution >= 0.6 is 12.2 Å². The zero-order valence-corrected chi connectivity index (χ0v) is 13.9. The standard InChI is InChI=1S/C17H16N4O2S/c1-20-6-4-12(8-15(20)22)7-14-11-21(17(24)19-16(14)23)10-13-3-2-5-18-9-13/h2-6,8-9,11H,7,10H2,1H3,(H,19,23,24). The summed E-state index contributed by atoms with van der Waals surface area (Å²) >= 11 is 5.23. The Kier molecular flexibility index (Phi) is 4.52. The number of aromatic amines is 1. The predicted octanol–water partition coefficient (Wildman–Crippen LogP) is 1.64. The second kappa shape index (κ2) is 6.76. The highest BCUT2D eigenvalue weighted by atomic mass is 32.1. The van der Waals surface area contributed by atoms with Gasteiger partial charge in [0.05, 0.1) is 6.54 Å². The summed E-state index contributed by atoms with van der Waals surface area (Å²) in [6.45, 7) is 0.521. The van der Waals surface area contributed by atoms with Crippen LogP contribution in [0.5, 0.6) is 0 Å². The Hall–Kier alpha value is -2.80. The first-order chi connectivity index (χ1) is 11.5. The molecule has 3 aromatic heterocycles. The van der Waals surface area contributed by atoms with Gasteiger partial charge in [-0.05, 0) is 35.5 Å². The summed E-state index contributed by atoms with van der Waals surface area (Å²) in [5.74, 6) is 0. The van der Waals surface area contributed by atoms with Crippen molar-refractivity contribution < 1.29 is 0 Å². The van der Waals surface area contributed by atoms with Gasteiger partial charge in [0.1, 0.15) is 0 Å². The van der Waals surface area contributed by atoms with E-state index >= 15 is 0 Å². The molecule has 3 aromatic rings. The molecule has 0 saturated heterocycles. The van der Waals surface area contributed by atoms with Crippen molar-refractivity contribution in [1.82, 2.24) is 19.1 Å². The average Bonchev–Trinajstić information content (AvgIpc) is 2.56. The number of nitrogens with one attached hydrogen (secondary N) is 1. The molecule has 0 amide bonds. The molecule has 0 atom stereocenters. The third-order valence-electron chi connectivity index (χ3n) is 3.72. The van der Waals surface area contributed by atoms with Crippen LogP contribution in [-0.2, 0) is 20.0 Å². The Morgan fingerprint density at radius 1 is 1.25 bits per heavy atom. The largest absolute Gasteiger partial charge is 0.320 e. The van der Waals surface area contributed by atoms with Gasteiger partial charge in [-0.25, -0.2) is 0 Å². The average molecular weight is 340 g/mol. The minimum absolute atomic E-state index is 0.105. The summed E-state index contributed by atoms with van der Waals surface area (Å²) in [6.07, 6.45) is 7.27. The van der Waals surface area contributed by atoms with Gasteiger partial charge >= 0.3 is 0 Å². The second-order valence-electron chi connectivity index (χ2n) is 5.56. The third kappa shape index (κ3) is 3.57. The summed E-state index contributed by atoms with van der Waals surface area (Å²) in [5.41, 5.74) is 1.99. The first kappa shape index (κ1) is 16.1. The molecule has 0 bridgehead atoms. The molecule has 0 aromatic carbocycles. The summed E-state index contributed by atoms with van der Waals surface area (Å²) < 4.78 is 3.64. The molecule has 0 aliphatic carbocycles. The summed E-state index contributed by atoms with van der Waals surface area (Å²) in [5, 5.41) is 0. The molecule has 0 unspecified atom stereocenters. The molecule has 0 aliphatic rings. The maximum atomic E-state index is 12.2. The van der Waals surface area contributed by atoms with Crippen LogP contribution in [-0.4, -0.2) is 19.1 Å². The highest BCUT2D eigenvalue weighted by Crippen LogP contribution is 2.06. The van der Waals surface area contributed by atoms with Crippen LogP contribution in [0.25, 0.3) is 0 Å². The lowest BCUT2D eigenvalue weighted by Crippen LogP contribution is -2.20. The highest BCUT2D eigenvalue weighted by molar-refractivity contribution is 7.71. The fraction of sp³-hybridized carbons (Fsp3) is 0.176. The summed E-state index contributed by atoms with van der Waals surface area (Å²) in [4.78, 5) is 30.7. The van der Waals surface area contributed by atoms with E-state index in [0.717, 1.165) is 11.1 Å². The Morgan fingerprint density at radius 2 is 2.08 bits per heavy atom. The third-order valence-corrected chi connectivity index (χ3v) is 4.06. The Balaban J connectivity index is 1.95. The monoisotopic (exact) mass is 340 g/mol. The number of hydrogen-bond acceptors (Lipinski definition) is 4. The predicted molar refractivity (Wildman–Crippen MR) is 93.7 cm³/mol. The maximum absolute atomic E-state index is 12.2. The van der Waals surface area contributed by atoms with E-state index in [0.29, 0.717) is 23.3 Å². The van der Waals surface area contributed by atoms with Gasteiger partial charge in [-0.1, -0.05) is 6.07 Å². The van der Waals surface area contributed by atoms with Crippen molar-refractivity contribution in [2.75, 3.05) is 0 Å². The molecule has 7 heteroatoms. The van der Waals surface area contributed by atoms with Crippen molar-refractivity contribution in [3.8, 4) is 0 Å². The minimum Gasteiger partial charge on any atom is -0.320 e. The summed E-state index contributed by atoms with van der Waals surface area (Å²) in [6, 6.07) is 7.16. The van der Waals surface area contributed by atoms with Crippen LogP contribution in [0.1, 0.15) is 16.7 Å². The molecule has 24 heavy (non-hydrogen) atoms. The SMILES string of the molecule is Cn1ccc(Cc2cn(Cc3cccnc3)c(=S)[nH]c2=O)cc1=O. The number of pyridine rings is 2. The molecular weight excluding hydrogens is 324 g/mol. The first-order valence-corrected chi connectivity index (χ1v) is 7.81. The van der Waals surface area contributed by atoms with Crippen LogP contribution in [0.3, 0.4) is 0 Å². The maximum Gasteiger partial charge on any atom is 0.255 e. The zero-order chi connectivity index (χ0) is 17.1. The first-order valence-electron chi connectivity index (χ1n) is 7.40. The molecular formula is C17H16N4O2S. The van der Waals surface area contributed by atoms with Crippen LogP contribution in [0.4, 0.5) is 0 Å². The Labute approximate surface area is 143 Å². The molecule has 6 nitrogen and oxygen atoms in total. The quantitative estimate of drug-likeness (QED) is 0.733. The van der Waals surface area contributed by atoms with E-state index in [2.05, 4.69) is 9.97 Å². The van der Waals surface area contributed by atoms with Gasteiger partial charge in [-0.15, -0.1) is 0 Å². The Morgan fingerprint density at radius 3 is 2.79 bits per heavy atom. The van der Waals surface area contributed by atoms with E-state index in [4.69, 9.17) is 12.2 Å². The van der Waals surface area contributed by atoms with Crippen molar-refractivity contribution >= 4 is 12.2 Å². The number of nitrogens with zero attached hydrogens (tertiary/aromatic N) is 3. The van der Waals surface area contributed by atoms with E-state index < -0.39 is 0 Å². The molecule has 3 heterocycles. The highest BCUT2D eigenvalue weighted by Gasteiger charge is 2.06. The van der Waals surface area contributed by atoms with Gasteiger partial charge in [0.25, 0.3) is 11.1 Å². The van der Waals surface area contributed by atoms with Crippen LogP contribution in [0.15, 0.2) is 58.6 Å². The molecule has 0 spiro atoms. The normalized spacial score (nSPS) is 10.7. The van der Waals surface area contributed by atoms with Gasteiger partial charge in [0.15, 0.2) is 4.77 Å². The van der Waals surface area contributed by atoms with Crippen LogP contribution < -0.4 is 11.1 Å². The lowest BCUT2D eigenvalue weighted by molar-refractivity contribution is 0.730. The molecule has 0 saturated carbocycles. The fourth-order valence-electron chi connectivity index (χ4n) is 2.41. The van der Waals surface area contributed by atoms with Crippen molar-refractivity contribution in [3.05, 3.63) is 91.2 Å². The molecule has 0 aliphatic heterocycles. The topological polar surface area (TPSA) is 72.7 Å². The van der Waals surface area contributed by atoms with Gasteiger partial charge in [-0.3, -0.25) is 19.6 Å². The van der Waals surface area contributed by atoms with E-state index in [-0.39, 0.29) is 11.1 Å². The van der Waals surface area contributed by atoms with Gasteiger partial charge in [0.2, 0.25) is 0 Å². The van der Waals surface area contributed by atoms with Gasteiger partial charge in [0, 0.05) is 49.9 Å².